The van der Waals surface area contributed by atoms with Gasteiger partial charge in [0.05, 0.1) is 5.25 Å². The maximum absolute atomic E-state index is 13.7. The molecule has 0 N–H and O–H groups in total. The molecule has 1 aromatic rings. The quantitative estimate of drug-likeness (QED) is 0.771. The molecule has 1 aromatic carbocycles. The number of amides is 1. The van der Waals surface area contributed by atoms with Gasteiger partial charge < -0.3 is 4.90 Å². The molecule has 0 aromatic heterocycles. The molecule has 0 aliphatic heterocycles. The van der Waals surface area contributed by atoms with Crippen LogP contribution in [0.5, 0.6) is 0 Å². The van der Waals surface area contributed by atoms with Crippen molar-refractivity contribution in [2.45, 2.75) is 32.1 Å². The third-order valence-corrected chi connectivity index (χ3v) is 5.75. The molecule has 23 heavy (non-hydrogen) atoms. The molecule has 0 radical (unpaired) electrons. The van der Waals surface area contributed by atoms with Crippen molar-refractivity contribution in [3.05, 3.63) is 41.5 Å². The molecular weight excluding hydrogens is 324 g/mol. The van der Waals surface area contributed by atoms with Crippen molar-refractivity contribution >= 4 is 21.3 Å². The van der Waals surface area contributed by atoms with Gasteiger partial charge in [-0.1, -0.05) is 0 Å². The van der Waals surface area contributed by atoms with E-state index < -0.39 is 38.7 Å². The third kappa shape index (κ3) is 4.86. The first-order valence-electron chi connectivity index (χ1n) is 7.04. The summed E-state index contributed by atoms with van der Waals surface area (Å²) in [5.74, 6) is -1.90. The summed E-state index contributed by atoms with van der Waals surface area (Å²) in [6.07, 6.45) is 2.32. The Labute approximate surface area is 135 Å². The van der Waals surface area contributed by atoms with E-state index >= 15 is 0 Å². The minimum Gasteiger partial charge on any atom is -0.338 e. The lowest BCUT2D eigenvalue weighted by atomic mass is 10.1. The molecular formula is C16H21F2NO3S. The topological polar surface area (TPSA) is 54.5 Å². The van der Waals surface area contributed by atoms with E-state index in [-0.39, 0.29) is 5.56 Å². The molecule has 4 nitrogen and oxygen atoms in total. The summed E-state index contributed by atoms with van der Waals surface area (Å²) < 4.78 is 49.8. The Morgan fingerprint density at radius 2 is 1.83 bits per heavy atom. The number of halogens is 2. The first-order chi connectivity index (χ1) is 10.4. The number of rotatable bonds is 5. The smallest absolute Gasteiger partial charge is 0.246 e. The van der Waals surface area contributed by atoms with Crippen LogP contribution in [0, 0.1) is 11.6 Å². The maximum atomic E-state index is 13.7. The van der Waals surface area contributed by atoms with Crippen molar-refractivity contribution in [3.63, 3.8) is 0 Å². The molecule has 0 aliphatic carbocycles. The highest BCUT2D eigenvalue weighted by Crippen LogP contribution is 2.19. The van der Waals surface area contributed by atoms with E-state index in [0.29, 0.717) is 5.57 Å². The number of carbonyl (C=O) groups is 1. The van der Waals surface area contributed by atoms with Crippen molar-refractivity contribution < 1.29 is 22.0 Å². The van der Waals surface area contributed by atoms with Crippen LogP contribution in [0.1, 0.15) is 26.3 Å². The summed E-state index contributed by atoms with van der Waals surface area (Å²) in [4.78, 5) is 13.5. The van der Waals surface area contributed by atoms with E-state index in [0.717, 1.165) is 18.4 Å². The van der Waals surface area contributed by atoms with Crippen LogP contribution in [0.15, 0.2) is 24.3 Å². The minimum absolute atomic E-state index is 0.122. The van der Waals surface area contributed by atoms with Gasteiger partial charge in [0.1, 0.15) is 11.6 Å². The number of allylic oxidation sites excluding steroid dienone is 1. The average molecular weight is 345 g/mol. The van der Waals surface area contributed by atoms with Gasteiger partial charge in [-0.3, -0.25) is 4.79 Å². The molecule has 0 bridgehead atoms. The fraction of sp³-hybridized carbons (Fsp3) is 0.438. The fourth-order valence-corrected chi connectivity index (χ4v) is 2.95. The Kier molecular flexibility index (Phi) is 6.04. The Balaban J connectivity index is 3.00. The monoisotopic (exact) mass is 345 g/mol. The standard InChI is InChI=1S/C16H21F2NO3S/c1-10(14-7-6-13(17)9-15(14)18)8-16(20)19(4)11(2)12(3)23(5,21)22/h6-9,11-12H,1-5H3/b10-8+/t11-,12-/m1/s1. The van der Waals surface area contributed by atoms with Crippen molar-refractivity contribution in [1.29, 1.82) is 0 Å². The second-order valence-corrected chi connectivity index (χ2v) is 8.08. The summed E-state index contributed by atoms with van der Waals surface area (Å²) in [5, 5.41) is -0.729. The zero-order valence-corrected chi connectivity index (χ0v) is 14.6. The molecule has 1 rings (SSSR count). The molecule has 0 unspecified atom stereocenters. The highest BCUT2D eigenvalue weighted by atomic mass is 32.2. The van der Waals surface area contributed by atoms with Crippen LogP contribution in [-0.4, -0.2) is 43.8 Å². The summed E-state index contributed by atoms with van der Waals surface area (Å²) in [6.45, 7) is 4.69. The zero-order valence-electron chi connectivity index (χ0n) is 13.8. The maximum Gasteiger partial charge on any atom is 0.246 e. The number of nitrogens with zero attached hydrogens (tertiary/aromatic N) is 1. The lowest BCUT2D eigenvalue weighted by molar-refractivity contribution is -0.126. The lowest BCUT2D eigenvalue weighted by Crippen LogP contribution is -2.43. The van der Waals surface area contributed by atoms with Gasteiger partial charge in [-0.05, 0) is 38.5 Å². The highest BCUT2D eigenvalue weighted by molar-refractivity contribution is 7.91. The van der Waals surface area contributed by atoms with Crippen molar-refractivity contribution in [2.75, 3.05) is 13.3 Å². The largest absolute Gasteiger partial charge is 0.338 e. The Morgan fingerprint density at radius 3 is 2.30 bits per heavy atom. The number of sulfone groups is 1. The van der Waals surface area contributed by atoms with E-state index in [1.54, 1.807) is 6.92 Å². The van der Waals surface area contributed by atoms with Crippen molar-refractivity contribution in [1.82, 2.24) is 4.90 Å². The Morgan fingerprint density at radius 1 is 1.26 bits per heavy atom. The van der Waals surface area contributed by atoms with Crippen LogP contribution < -0.4 is 0 Å². The number of hydrogen-bond acceptors (Lipinski definition) is 3. The van der Waals surface area contributed by atoms with Crippen LogP contribution in [0.4, 0.5) is 8.78 Å². The Hall–Kier alpha value is -1.76. The molecule has 1 amide bonds. The fourth-order valence-electron chi connectivity index (χ4n) is 2.05. The summed E-state index contributed by atoms with van der Waals surface area (Å²) in [5.41, 5.74) is 0.454. The van der Waals surface area contributed by atoms with E-state index in [1.807, 2.05) is 0 Å². The number of likely N-dealkylation sites (N-methyl/N-ethyl adjacent to an activating group) is 1. The molecule has 0 saturated heterocycles. The molecule has 0 heterocycles. The van der Waals surface area contributed by atoms with Gasteiger partial charge >= 0.3 is 0 Å². The molecule has 2 atom stereocenters. The van der Waals surface area contributed by atoms with Gasteiger partial charge in [-0.25, -0.2) is 17.2 Å². The highest BCUT2D eigenvalue weighted by Gasteiger charge is 2.27. The summed E-state index contributed by atoms with van der Waals surface area (Å²) in [6, 6.07) is 2.57. The minimum atomic E-state index is -3.29. The molecule has 128 valence electrons. The first-order valence-corrected chi connectivity index (χ1v) is 9.00. The molecule has 0 saturated carbocycles. The van der Waals surface area contributed by atoms with Crippen LogP contribution in [0.25, 0.3) is 5.57 Å². The first kappa shape index (κ1) is 19.3. The zero-order chi connectivity index (χ0) is 17.9. The summed E-state index contributed by atoms with van der Waals surface area (Å²) >= 11 is 0. The van der Waals surface area contributed by atoms with Gasteiger partial charge in [-0.2, -0.15) is 0 Å². The molecule has 0 spiro atoms. The van der Waals surface area contributed by atoms with Gasteiger partial charge in [0, 0.05) is 37.1 Å². The number of carbonyl (C=O) groups excluding carboxylic acids is 1. The van der Waals surface area contributed by atoms with Crippen molar-refractivity contribution in [2.24, 2.45) is 0 Å². The number of benzene rings is 1. The summed E-state index contributed by atoms with van der Waals surface area (Å²) in [7, 11) is -1.80. The molecule has 0 fully saturated rings. The predicted molar refractivity (Wildman–Crippen MR) is 86.5 cm³/mol. The van der Waals surface area contributed by atoms with E-state index in [2.05, 4.69) is 0 Å². The van der Waals surface area contributed by atoms with Crippen LogP contribution in [0.2, 0.25) is 0 Å². The van der Waals surface area contributed by atoms with E-state index in [9.17, 15) is 22.0 Å². The predicted octanol–water partition coefficient (Wildman–Crippen LogP) is 2.65. The van der Waals surface area contributed by atoms with Crippen LogP contribution in [0.3, 0.4) is 0 Å². The van der Waals surface area contributed by atoms with Gasteiger partial charge in [0.15, 0.2) is 9.84 Å². The van der Waals surface area contributed by atoms with Crippen LogP contribution in [-0.2, 0) is 14.6 Å². The van der Waals surface area contributed by atoms with Gasteiger partial charge in [0.2, 0.25) is 5.91 Å². The van der Waals surface area contributed by atoms with Gasteiger partial charge in [0.25, 0.3) is 0 Å². The molecule has 0 aliphatic rings. The number of hydrogen-bond donors (Lipinski definition) is 0. The van der Waals surface area contributed by atoms with E-state index in [1.165, 1.54) is 37.9 Å². The van der Waals surface area contributed by atoms with Gasteiger partial charge in [-0.15, -0.1) is 0 Å². The normalized spacial score (nSPS) is 15.2. The molecule has 7 heteroatoms. The average Bonchev–Trinajstić information content (AvgIpc) is 2.43. The van der Waals surface area contributed by atoms with Crippen LogP contribution >= 0.6 is 0 Å². The third-order valence-electron chi connectivity index (χ3n) is 4.01. The lowest BCUT2D eigenvalue weighted by Gasteiger charge is -2.28. The Bertz CT molecular complexity index is 729. The van der Waals surface area contributed by atoms with Crippen molar-refractivity contribution in [3.8, 4) is 0 Å². The second kappa shape index (κ2) is 7.21. The second-order valence-electron chi connectivity index (χ2n) is 5.68. The van der Waals surface area contributed by atoms with E-state index in [4.69, 9.17) is 0 Å². The SMILES string of the molecule is C/C(=C\C(=O)N(C)[C@H](C)[C@@H](C)S(C)(=O)=O)c1ccc(F)cc1F.